The normalized spacial score (nSPS) is 21.4. The van der Waals surface area contributed by atoms with Crippen molar-refractivity contribution in [3.8, 4) is 11.6 Å². The fourth-order valence-electron chi connectivity index (χ4n) is 5.10. The minimum Gasteiger partial charge on any atom is -0.355 e. The monoisotopic (exact) mass is 417 g/mol. The number of hydrogen-bond acceptors (Lipinski definition) is 7. The lowest BCUT2D eigenvalue weighted by Crippen LogP contribution is -2.60. The van der Waals surface area contributed by atoms with Crippen LogP contribution in [0.1, 0.15) is 43.5 Å². The van der Waals surface area contributed by atoms with Gasteiger partial charge in [-0.2, -0.15) is 0 Å². The van der Waals surface area contributed by atoms with Gasteiger partial charge < -0.3 is 9.80 Å². The Labute approximate surface area is 180 Å². The molecule has 5 heterocycles. The molecule has 31 heavy (non-hydrogen) atoms. The van der Waals surface area contributed by atoms with Crippen molar-refractivity contribution < 1.29 is 4.39 Å². The van der Waals surface area contributed by atoms with Crippen molar-refractivity contribution >= 4 is 11.6 Å². The topological polar surface area (TPSA) is 70.9 Å². The Hall–Kier alpha value is -3.16. The summed E-state index contributed by atoms with van der Waals surface area (Å²) in [4.78, 5) is 26.9. The molecule has 2 aliphatic heterocycles. The molecule has 0 radical (unpaired) electrons. The number of hydrogen-bond donors (Lipinski definition) is 0. The van der Waals surface area contributed by atoms with Crippen LogP contribution >= 0.6 is 0 Å². The van der Waals surface area contributed by atoms with Gasteiger partial charge in [0, 0.05) is 67.8 Å². The quantitative estimate of drug-likeness (QED) is 0.645. The first-order chi connectivity index (χ1) is 15.1. The molecule has 1 unspecified atom stereocenters. The van der Waals surface area contributed by atoms with Gasteiger partial charge in [-0.1, -0.05) is 6.42 Å². The van der Waals surface area contributed by atoms with Crippen molar-refractivity contribution in [2.45, 2.75) is 38.6 Å². The van der Waals surface area contributed by atoms with E-state index in [1.807, 2.05) is 6.20 Å². The van der Waals surface area contributed by atoms with E-state index in [2.05, 4.69) is 31.7 Å². The van der Waals surface area contributed by atoms with Crippen molar-refractivity contribution in [2.75, 3.05) is 29.4 Å². The number of pyridine rings is 1. The van der Waals surface area contributed by atoms with Crippen molar-refractivity contribution in [1.82, 2.24) is 24.9 Å². The van der Waals surface area contributed by atoms with Crippen molar-refractivity contribution in [3.05, 3.63) is 53.9 Å². The molecule has 0 bridgehead atoms. The maximum absolute atomic E-state index is 14.5. The Morgan fingerprint density at radius 1 is 1.00 bits per heavy atom. The summed E-state index contributed by atoms with van der Waals surface area (Å²) < 4.78 is 14.5. The fraction of sp³-hybridized carbons (Fsp3) is 0.435. The largest absolute Gasteiger partial charge is 0.355 e. The summed E-state index contributed by atoms with van der Waals surface area (Å²) in [5, 5.41) is 0. The minimum atomic E-state index is -0.236. The van der Waals surface area contributed by atoms with Crippen LogP contribution in [0.25, 0.3) is 11.6 Å². The Kier molecular flexibility index (Phi) is 4.16. The van der Waals surface area contributed by atoms with Gasteiger partial charge in [0.2, 0.25) is 0 Å². The van der Waals surface area contributed by atoms with Crippen LogP contribution < -0.4 is 9.80 Å². The number of fused-ring (bicyclic) bond motifs is 1. The third-order valence-corrected chi connectivity index (χ3v) is 7.02. The molecular weight excluding hydrogens is 393 g/mol. The van der Waals surface area contributed by atoms with Crippen LogP contribution in [-0.4, -0.2) is 44.6 Å². The highest BCUT2D eigenvalue weighted by Crippen LogP contribution is 2.49. The molecule has 3 aromatic heterocycles. The minimum absolute atomic E-state index is 0.00556. The lowest BCUT2D eigenvalue weighted by atomic mass is 9.63. The molecule has 1 atom stereocenters. The third kappa shape index (κ3) is 3.12. The van der Waals surface area contributed by atoms with Crippen molar-refractivity contribution in [1.29, 1.82) is 0 Å². The van der Waals surface area contributed by atoms with E-state index in [1.165, 1.54) is 25.3 Å². The van der Waals surface area contributed by atoms with E-state index in [9.17, 15) is 4.39 Å². The second-order valence-corrected chi connectivity index (χ2v) is 9.00. The van der Waals surface area contributed by atoms with Gasteiger partial charge in [0.1, 0.15) is 17.5 Å². The number of halogens is 1. The second kappa shape index (κ2) is 6.93. The summed E-state index contributed by atoms with van der Waals surface area (Å²) in [6.07, 6.45) is 9.87. The first kappa shape index (κ1) is 18.6. The predicted molar refractivity (Wildman–Crippen MR) is 115 cm³/mol. The lowest BCUT2D eigenvalue weighted by molar-refractivity contribution is 0.0896. The van der Waals surface area contributed by atoms with Crippen molar-refractivity contribution in [3.63, 3.8) is 0 Å². The van der Waals surface area contributed by atoms with Gasteiger partial charge in [-0.25, -0.2) is 29.3 Å². The van der Waals surface area contributed by atoms with Crippen LogP contribution in [0.15, 0.2) is 36.8 Å². The van der Waals surface area contributed by atoms with Crippen LogP contribution in [0.4, 0.5) is 16.0 Å². The second-order valence-electron chi connectivity index (χ2n) is 9.00. The zero-order valence-electron chi connectivity index (χ0n) is 17.5. The molecule has 6 rings (SSSR count). The van der Waals surface area contributed by atoms with Gasteiger partial charge in [0.15, 0.2) is 11.6 Å². The summed E-state index contributed by atoms with van der Waals surface area (Å²) in [5.74, 6) is 2.25. The number of nitrogens with zero attached hydrogens (tertiary/aromatic N) is 7. The first-order valence-corrected chi connectivity index (χ1v) is 10.9. The van der Waals surface area contributed by atoms with Gasteiger partial charge in [0.05, 0.1) is 11.7 Å². The Morgan fingerprint density at radius 3 is 2.52 bits per heavy atom. The molecule has 1 aliphatic carbocycles. The number of rotatable bonds is 3. The van der Waals surface area contributed by atoms with E-state index >= 15 is 0 Å². The molecule has 0 amide bonds. The summed E-state index contributed by atoms with van der Waals surface area (Å²) in [6, 6.07) is 4.88. The highest BCUT2D eigenvalue weighted by atomic mass is 19.1. The van der Waals surface area contributed by atoms with Crippen LogP contribution in [0.2, 0.25) is 0 Å². The SMILES string of the molecule is CC1c2cnc(-c3ncccn3)nc2CCN1c1cc(F)cc(N2CC3(CCC3)C2)n1. The van der Waals surface area contributed by atoms with E-state index in [-0.39, 0.29) is 11.9 Å². The molecule has 3 aliphatic rings. The van der Waals surface area contributed by atoms with Crippen molar-refractivity contribution in [2.24, 2.45) is 5.41 Å². The molecule has 7 nitrogen and oxygen atoms in total. The summed E-state index contributed by atoms with van der Waals surface area (Å²) in [7, 11) is 0. The van der Waals surface area contributed by atoms with Gasteiger partial charge in [-0.05, 0) is 25.8 Å². The van der Waals surface area contributed by atoms with Crippen LogP contribution in [0, 0.1) is 11.2 Å². The summed E-state index contributed by atoms with van der Waals surface area (Å²) in [6.45, 7) is 4.82. The average Bonchev–Trinajstić information content (AvgIpc) is 2.72. The summed E-state index contributed by atoms with van der Waals surface area (Å²) in [5.41, 5.74) is 2.51. The highest BCUT2D eigenvalue weighted by molar-refractivity contribution is 5.54. The van der Waals surface area contributed by atoms with Gasteiger partial charge in [-0.3, -0.25) is 0 Å². The molecular formula is C23H24FN7. The highest BCUT2D eigenvalue weighted by Gasteiger charge is 2.47. The zero-order chi connectivity index (χ0) is 21.0. The molecule has 0 N–H and O–H groups in total. The maximum atomic E-state index is 14.5. The van der Waals surface area contributed by atoms with Gasteiger partial charge in [0.25, 0.3) is 0 Å². The molecule has 1 saturated heterocycles. The van der Waals surface area contributed by atoms with Gasteiger partial charge in [-0.15, -0.1) is 0 Å². The molecule has 8 heteroatoms. The predicted octanol–water partition coefficient (Wildman–Crippen LogP) is 3.58. The van der Waals surface area contributed by atoms with E-state index in [0.29, 0.717) is 22.9 Å². The Morgan fingerprint density at radius 2 is 1.77 bits per heavy atom. The standard InChI is InChI=1S/C23H24FN7/c1-15-17-12-27-22(21-25-7-3-8-26-21)28-18(17)4-9-31(15)20-11-16(24)10-19(29-20)30-13-23(14-30)5-2-6-23/h3,7-8,10-12,15H,2,4-6,9,13-14H2,1H3. The lowest BCUT2D eigenvalue weighted by Gasteiger charge is -2.56. The van der Waals surface area contributed by atoms with Crippen LogP contribution in [0.5, 0.6) is 0 Å². The zero-order valence-corrected chi connectivity index (χ0v) is 17.5. The smallest absolute Gasteiger partial charge is 0.197 e. The Bertz CT molecular complexity index is 1120. The van der Waals surface area contributed by atoms with E-state index < -0.39 is 0 Å². The van der Waals surface area contributed by atoms with E-state index in [0.717, 1.165) is 43.1 Å². The molecule has 2 fully saturated rings. The first-order valence-electron chi connectivity index (χ1n) is 10.9. The average molecular weight is 417 g/mol. The fourth-order valence-corrected chi connectivity index (χ4v) is 5.10. The number of aromatic nitrogens is 5. The Balaban J connectivity index is 1.26. The molecule has 1 saturated carbocycles. The van der Waals surface area contributed by atoms with Crippen LogP contribution in [0.3, 0.4) is 0 Å². The maximum Gasteiger partial charge on any atom is 0.197 e. The third-order valence-electron chi connectivity index (χ3n) is 7.02. The molecule has 158 valence electrons. The molecule has 1 spiro atoms. The number of anilines is 2. The molecule has 0 aromatic carbocycles. The van der Waals surface area contributed by atoms with E-state index in [4.69, 9.17) is 9.97 Å². The van der Waals surface area contributed by atoms with Crippen LogP contribution in [-0.2, 0) is 6.42 Å². The van der Waals surface area contributed by atoms with E-state index in [1.54, 1.807) is 24.5 Å². The van der Waals surface area contributed by atoms with Gasteiger partial charge >= 0.3 is 0 Å². The summed E-state index contributed by atoms with van der Waals surface area (Å²) >= 11 is 0. The molecule has 3 aromatic rings.